The number of aromatic nitrogens is 3. The molecule has 0 saturated heterocycles. The van der Waals surface area contributed by atoms with Crippen molar-refractivity contribution in [3.63, 3.8) is 0 Å². The van der Waals surface area contributed by atoms with Gasteiger partial charge in [-0.1, -0.05) is 6.07 Å². The molecule has 39 heavy (non-hydrogen) atoms. The summed E-state index contributed by atoms with van der Waals surface area (Å²) in [5.74, 6) is -0.946. The Morgan fingerprint density at radius 2 is 1.49 bits per heavy atom. The van der Waals surface area contributed by atoms with Crippen LogP contribution >= 0.6 is 12.4 Å². The first-order valence-corrected chi connectivity index (χ1v) is 13.1. The number of nitrogens with two attached hydrogens (primary N) is 1. The Hall–Kier alpha value is -2.32. The first-order valence-electron chi connectivity index (χ1n) is 10.2. The van der Waals surface area contributed by atoms with Crippen LogP contribution < -0.4 is 16.4 Å². The number of nitrogens with one attached hydrogen (secondary N) is 2. The van der Waals surface area contributed by atoms with Crippen LogP contribution in [-0.2, 0) is 34.3 Å². The molecule has 1 radical (unpaired) electrons. The monoisotopic (exact) mass is 623 g/mol. The van der Waals surface area contributed by atoms with E-state index in [0.29, 0.717) is 11.8 Å². The van der Waals surface area contributed by atoms with Gasteiger partial charge in [-0.25, -0.2) is 0 Å². The number of carbonyl (C=O) groups is 2. The molecular weight excluding hydrogens is 603 g/mol. The molecule has 2 aromatic carbocycles. The molecule has 0 spiro atoms. The molecule has 6 N–H and O–H groups in total. The smallest absolute Gasteiger partial charge is 0.295 e. The van der Waals surface area contributed by atoms with E-state index in [0.717, 1.165) is 6.07 Å². The van der Waals surface area contributed by atoms with Gasteiger partial charge in [0.15, 0.2) is 0 Å². The maximum Gasteiger partial charge on any atom is 0.295 e. The van der Waals surface area contributed by atoms with Crippen molar-refractivity contribution in [2.45, 2.75) is 9.79 Å². The van der Waals surface area contributed by atoms with E-state index in [-0.39, 0.29) is 97.5 Å². The van der Waals surface area contributed by atoms with Crippen LogP contribution in [0.3, 0.4) is 0 Å². The molecule has 0 atom stereocenters. The molecule has 0 aliphatic rings. The number of hydrogen-bond acceptors (Lipinski definition) is 8. The molecular formula is C21H21ClKN6O8S2. The third-order valence-electron chi connectivity index (χ3n) is 5.35. The molecule has 2 aromatic heterocycles. The van der Waals surface area contributed by atoms with Gasteiger partial charge >= 0.3 is 0 Å². The molecule has 4 rings (SSSR count). The van der Waals surface area contributed by atoms with E-state index < -0.39 is 41.8 Å². The molecule has 0 bridgehead atoms. The largest absolute Gasteiger partial charge is 0.382 e. The van der Waals surface area contributed by atoms with Crippen LogP contribution in [-0.4, -0.2) is 103 Å². The summed E-state index contributed by atoms with van der Waals surface area (Å²) in [6.07, 6.45) is 1.50. The topological polar surface area (TPSA) is 216 Å². The number of nitrogens with zero attached hydrogens (tertiary/aromatic N) is 3. The molecule has 0 unspecified atom stereocenters. The number of rotatable bonds is 6. The van der Waals surface area contributed by atoms with Crippen LogP contribution in [0.25, 0.3) is 10.8 Å². The minimum Gasteiger partial charge on any atom is -0.382 e. The number of aryl methyl sites for hydroxylation is 2. The Kier molecular flexibility index (Phi) is 10.2. The zero-order valence-corrected chi connectivity index (χ0v) is 26.2. The van der Waals surface area contributed by atoms with Gasteiger partial charge < -0.3 is 20.9 Å². The Bertz CT molecular complexity index is 1820. The van der Waals surface area contributed by atoms with Gasteiger partial charge in [0.1, 0.15) is 22.1 Å². The second kappa shape index (κ2) is 12.0. The van der Waals surface area contributed by atoms with Gasteiger partial charge in [-0.3, -0.25) is 23.4 Å². The standard InChI is InChI=1S/C21H20N6O8S2.ClH.K/c1-26-10-13(24-21(29)17-9-19(22)25-27(17)2)7-16(26)20(28)23-12-4-3-11-5-14(36(30,31)32)8-18(15(11)6-12)37(33,34)35;;/h3-10H,1-2H3,(H2,22,25)(H,23,28)(H,24,29)(H,30,31,32)(H,33,34,35);1H;. The fraction of sp³-hybridized carbons (Fsp3) is 0.0952. The van der Waals surface area contributed by atoms with Crippen LogP contribution in [0.5, 0.6) is 0 Å². The van der Waals surface area contributed by atoms with E-state index in [9.17, 15) is 35.5 Å². The minimum atomic E-state index is -4.90. The molecule has 4 aromatic rings. The number of benzene rings is 2. The van der Waals surface area contributed by atoms with Crippen molar-refractivity contribution in [1.29, 1.82) is 0 Å². The Labute approximate surface area is 271 Å². The minimum absolute atomic E-state index is 0. The molecule has 203 valence electrons. The van der Waals surface area contributed by atoms with E-state index >= 15 is 0 Å². The molecule has 0 saturated carbocycles. The Morgan fingerprint density at radius 1 is 0.872 bits per heavy atom. The number of halogens is 1. The van der Waals surface area contributed by atoms with Crippen LogP contribution in [0.1, 0.15) is 21.0 Å². The zero-order chi connectivity index (χ0) is 27.3. The summed E-state index contributed by atoms with van der Waals surface area (Å²) in [5, 5.41) is 9.09. The SMILES string of the molecule is Cl.Cn1cc(NC(=O)c2cc(N)nn2C)cc1C(=O)Nc1ccc2cc(S(=O)(=O)O)cc(S(=O)(=O)O)c2c1.[K]. The van der Waals surface area contributed by atoms with Crippen molar-refractivity contribution in [3.05, 3.63) is 60.0 Å². The van der Waals surface area contributed by atoms with E-state index in [4.69, 9.17) is 5.73 Å². The average molecular weight is 624 g/mol. The maximum atomic E-state index is 12.9. The van der Waals surface area contributed by atoms with Crippen LogP contribution in [0.15, 0.2) is 58.5 Å². The van der Waals surface area contributed by atoms with Gasteiger partial charge in [-0.2, -0.15) is 21.9 Å². The van der Waals surface area contributed by atoms with Crippen LogP contribution in [0, 0.1) is 0 Å². The fourth-order valence-electron chi connectivity index (χ4n) is 3.69. The Morgan fingerprint density at radius 3 is 2.05 bits per heavy atom. The van der Waals surface area contributed by atoms with Crippen LogP contribution in [0.2, 0.25) is 0 Å². The summed E-state index contributed by atoms with van der Waals surface area (Å²) >= 11 is 0. The number of fused-ring (bicyclic) bond motifs is 1. The zero-order valence-electron chi connectivity index (χ0n) is 20.6. The van der Waals surface area contributed by atoms with Crippen molar-refractivity contribution < 1.29 is 35.5 Å². The van der Waals surface area contributed by atoms with Crippen molar-refractivity contribution in [1.82, 2.24) is 14.3 Å². The normalized spacial score (nSPS) is 11.4. The first kappa shape index (κ1) is 32.9. The van der Waals surface area contributed by atoms with Gasteiger partial charge in [0.05, 0.1) is 10.6 Å². The molecule has 0 aliphatic carbocycles. The number of anilines is 3. The molecule has 14 nitrogen and oxygen atoms in total. The van der Waals surface area contributed by atoms with E-state index in [1.165, 1.54) is 45.8 Å². The van der Waals surface area contributed by atoms with Crippen molar-refractivity contribution >= 4 is 124 Å². The van der Waals surface area contributed by atoms with Gasteiger partial charge in [0, 0.05) is 88.8 Å². The van der Waals surface area contributed by atoms with Crippen LogP contribution in [0.4, 0.5) is 17.2 Å². The average Bonchev–Trinajstić information content (AvgIpc) is 3.32. The summed E-state index contributed by atoms with van der Waals surface area (Å²) in [6.45, 7) is 0. The summed E-state index contributed by atoms with van der Waals surface area (Å²) in [7, 11) is -6.54. The molecule has 2 amide bonds. The summed E-state index contributed by atoms with van der Waals surface area (Å²) in [5.41, 5.74) is 6.36. The van der Waals surface area contributed by atoms with Gasteiger partial charge in [-0.05, 0) is 35.7 Å². The predicted octanol–water partition coefficient (Wildman–Crippen LogP) is 1.53. The van der Waals surface area contributed by atoms with Gasteiger partial charge in [0.2, 0.25) is 0 Å². The summed E-state index contributed by atoms with van der Waals surface area (Å²) in [6, 6.07) is 8.35. The van der Waals surface area contributed by atoms with Crippen molar-refractivity contribution in [3.8, 4) is 0 Å². The molecule has 18 heteroatoms. The van der Waals surface area contributed by atoms with E-state index in [1.807, 2.05) is 0 Å². The Balaban J connectivity index is 0.00000267. The maximum absolute atomic E-state index is 12.9. The number of nitrogen functional groups attached to an aromatic ring is 1. The molecule has 0 aliphatic heterocycles. The number of amides is 2. The molecule has 2 heterocycles. The van der Waals surface area contributed by atoms with Gasteiger partial charge in [-0.15, -0.1) is 12.4 Å². The van der Waals surface area contributed by atoms with E-state index in [2.05, 4.69) is 15.7 Å². The van der Waals surface area contributed by atoms with Crippen molar-refractivity contribution in [2.75, 3.05) is 16.4 Å². The third kappa shape index (κ3) is 7.26. The van der Waals surface area contributed by atoms with E-state index in [1.54, 1.807) is 14.1 Å². The number of carbonyl (C=O) groups excluding carboxylic acids is 2. The van der Waals surface area contributed by atoms with Crippen molar-refractivity contribution in [2.24, 2.45) is 14.1 Å². The first-order chi connectivity index (χ1) is 17.1. The second-order valence-electron chi connectivity index (χ2n) is 8.02. The second-order valence-corrected chi connectivity index (χ2v) is 10.8. The van der Waals surface area contributed by atoms with Gasteiger partial charge in [0.25, 0.3) is 32.1 Å². The molecule has 0 fully saturated rings. The third-order valence-corrected chi connectivity index (χ3v) is 7.08. The fourth-order valence-corrected chi connectivity index (χ4v) is 5.04. The summed E-state index contributed by atoms with van der Waals surface area (Å²) < 4.78 is 68.4. The summed E-state index contributed by atoms with van der Waals surface area (Å²) in [4.78, 5) is 23.9. The quantitative estimate of drug-likeness (QED) is 0.154. The number of hydrogen-bond donors (Lipinski definition) is 5. The predicted molar refractivity (Wildman–Crippen MR) is 146 cm³/mol.